The Morgan fingerprint density at radius 3 is 2.34 bits per heavy atom. The van der Waals surface area contributed by atoms with Gasteiger partial charge in [0.15, 0.2) is 0 Å². The molecule has 0 saturated heterocycles. The molecule has 0 aliphatic heterocycles. The van der Waals surface area contributed by atoms with Crippen molar-refractivity contribution in [2.24, 2.45) is 4.99 Å². The molecule has 0 atom stereocenters. The molecule has 1 aromatic carbocycles. The lowest BCUT2D eigenvalue weighted by atomic mass is 10.1. The summed E-state index contributed by atoms with van der Waals surface area (Å²) in [5.74, 6) is 0.224. The van der Waals surface area contributed by atoms with Gasteiger partial charge in [0.25, 0.3) is 5.56 Å². The molecule has 2 aromatic heterocycles. The molecule has 0 bridgehead atoms. The number of rotatable bonds is 7. The maximum Gasteiger partial charge on any atom is 0.267 e. The fourth-order valence-electron chi connectivity index (χ4n) is 3.63. The molecule has 152 valence electrons. The van der Waals surface area contributed by atoms with Crippen molar-refractivity contribution < 1.29 is 5.11 Å². The van der Waals surface area contributed by atoms with Gasteiger partial charge in [0.05, 0.1) is 12.1 Å². The molecule has 0 saturated carbocycles. The van der Waals surface area contributed by atoms with Gasteiger partial charge in [-0.25, -0.2) is 9.55 Å². The Balaban J connectivity index is 2.02. The zero-order chi connectivity index (χ0) is 21.0. The summed E-state index contributed by atoms with van der Waals surface area (Å²) in [6, 6.07) is 13.4. The predicted molar refractivity (Wildman–Crippen MR) is 118 cm³/mol. The summed E-state index contributed by atoms with van der Waals surface area (Å²) in [6.45, 7) is 10.1. The lowest BCUT2D eigenvalue weighted by molar-refractivity contribution is 0.181. The minimum absolute atomic E-state index is 0.152. The van der Waals surface area contributed by atoms with Crippen LogP contribution in [-0.2, 0) is 0 Å². The summed E-state index contributed by atoms with van der Waals surface area (Å²) in [7, 11) is 0. The van der Waals surface area contributed by atoms with Crippen LogP contribution in [0.5, 0.6) is 5.88 Å². The smallest absolute Gasteiger partial charge is 0.267 e. The second-order valence-electron chi connectivity index (χ2n) is 7.57. The molecule has 0 aliphatic carbocycles. The molecule has 6 heteroatoms. The number of benzene rings is 1. The molecule has 0 fully saturated rings. The molecule has 1 N–H and O–H groups in total. The van der Waals surface area contributed by atoms with Crippen molar-refractivity contribution >= 4 is 17.0 Å². The van der Waals surface area contributed by atoms with Gasteiger partial charge < -0.3 is 5.11 Å². The number of nitrogens with zero attached hydrogens (tertiary/aromatic N) is 4. The van der Waals surface area contributed by atoms with Gasteiger partial charge in [-0.05, 0) is 45.9 Å². The maximum atomic E-state index is 13.0. The Hall–Kier alpha value is -2.99. The fourth-order valence-corrected chi connectivity index (χ4v) is 3.63. The third kappa shape index (κ3) is 4.38. The number of hydrogen-bond donors (Lipinski definition) is 1. The van der Waals surface area contributed by atoms with E-state index in [2.05, 4.69) is 42.6 Å². The molecular formula is C23H28N4O2. The molecule has 0 aliphatic rings. The van der Waals surface area contributed by atoms with E-state index in [1.54, 1.807) is 36.7 Å². The van der Waals surface area contributed by atoms with Crippen LogP contribution in [0, 0.1) is 0 Å². The van der Waals surface area contributed by atoms with Crippen molar-refractivity contribution in [2.45, 2.75) is 39.8 Å². The van der Waals surface area contributed by atoms with E-state index in [1.165, 1.54) is 4.57 Å². The normalized spacial score (nSPS) is 12.1. The van der Waals surface area contributed by atoms with Crippen LogP contribution in [0.3, 0.4) is 0 Å². The third-order valence-electron chi connectivity index (χ3n) is 5.02. The maximum absolute atomic E-state index is 13.0. The van der Waals surface area contributed by atoms with E-state index in [9.17, 15) is 9.90 Å². The van der Waals surface area contributed by atoms with Crippen molar-refractivity contribution in [1.82, 2.24) is 14.5 Å². The molecule has 29 heavy (non-hydrogen) atoms. The summed E-state index contributed by atoms with van der Waals surface area (Å²) in [6.07, 6.45) is 3.26. The number of pyridine rings is 2. The second-order valence-corrected chi connectivity index (χ2v) is 7.57. The first-order valence-electron chi connectivity index (χ1n) is 9.95. The van der Waals surface area contributed by atoms with Gasteiger partial charge in [0.1, 0.15) is 5.82 Å². The van der Waals surface area contributed by atoms with E-state index < -0.39 is 0 Å². The number of aromatic hydroxyl groups is 1. The summed E-state index contributed by atoms with van der Waals surface area (Å²) in [5, 5.41) is 12.1. The first kappa shape index (κ1) is 20.7. The predicted octanol–water partition coefficient (Wildman–Crippen LogP) is 3.63. The van der Waals surface area contributed by atoms with Crippen molar-refractivity contribution in [3.8, 4) is 11.7 Å². The molecular weight excluding hydrogens is 364 g/mol. The van der Waals surface area contributed by atoms with Crippen molar-refractivity contribution in [2.75, 3.05) is 13.1 Å². The first-order chi connectivity index (χ1) is 13.9. The fraction of sp³-hybridized carbons (Fsp3) is 0.348. The van der Waals surface area contributed by atoms with E-state index in [-0.39, 0.29) is 11.4 Å². The van der Waals surface area contributed by atoms with Crippen LogP contribution in [0.4, 0.5) is 0 Å². The van der Waals surface area contributed by atoms with Crippen LogP contribution in [0.25, 0.3) is 16.6 Å². The molecule has 3 aromatic rings. The summed E-state index contributed by atoms with van der Waals surface area (Å²) in [4.78, 5) is 24.1. The van der Waals surface area contributed by atoms with E-state index >= 15 is 0 Å². The van der Waals surface area contributed by atoms with Gasteiger partial charge in [-0.3, -0.25) is 14.7 Å². The number of aliphatic imine (C=N–C) groups is 1. The highest BCUT2D eigenvalue weighted by molar-refractivity contribution is 6.01. The summed E-state index contributed by atoms with van der Waals surface area (Å²) < 4.78 is 1.23. The lowest BCUT2D eigenvalue weighted by Gasteiger charge is -2.29. The lowest BCUT2D eigenvalue weighted by Crippen LogP contribution is -2.38. The Kier molecular flexibility index (Phi) is 6.44. The average molecular weight is 393 g/mol. The topological polar surface area (TPSA) is 70.7 Å². The summed E-state index contributed by atoms with van der Waals surface area (Å²) >= 11 is 0. The Morgan fingerprint density at radius 2 is 1.72 bits per heavy atom. The van der Waals surface area contributed by atoms with Crippen LogP contribution in [0.15, 0.2) is 58.4 Å². The highest BCUT2D eigenvalue weighted by atomic mass is 16.3. The number of fused-ring (bicyclic) bond motifs is 1. The Morgan fingerprint density at radius 1 is 1.07 bits per heavy atom. The van der Waals surface area contributed by atoms with Crippen molar-refractivity contribution in [3.05, 3.63) is 64.6 Å². The molecule has 0 radical (unpaired) electrons. The largest absolute Gasteiger partial charge is 0.494 e. The first-order valence-corrected chi connectivity index (χ1v) is 9.95. The van der Waals surface area contributed by atoms with Gasteiger partial charge in [0.2, 0.25) is 5.88 Å². The van der Waals surface area contributed by atoms with E-state index in [1.807, 2.05) is 18.2 Å². The van der Waals surface area contributed by atoms with Gasteiger partial charge >= 0.3 is 0 Å². The Labute approximate surface area is 171 Å². The van der Waals surface area contributed by atoms with Crippen molar-refractivity contribution in [1.29, 1.82) is 0 Å². The molecule has 6 nitrogen and oxygen atoms in total. The van der Waals surface area contributed by atoms with Gasteiger partial charge in [-0.1, -0.05) is 24.3 Å². The minimum Gasteiger partial charge on any atom is -0.494 e. The third-order valence-corrected chi connectivity index (χ3v) is 5.02. The van der Waals surface area contributed by atoms with Crippen LogP contribution < -0.4 is 5.56 Å². The quantitative estimate of drug-likeness (QED) is 0.624. The molecule has 3 rings (SSSR count). The molecule has 0 unspecified atom stereocenters. The number of hydrogen-bond acceptors (Lipinski definition) is 5. The average Bonchev–Trinajstić information content (AvgIpc) is 2.70. The zero-order valence-electron chi connectivity index (χ0n) is 17.4. The van der Waals surface area contributed by atoms with Gasteiger partial charge in [-0.15, -0.1) is 0 Å². The monoisotopic (exact) mass is 392 g/mol. The van der Waals surface area contributed by atoms with E-state index in [0.29, 0.717) is 40.8 Å². The minimum atomic E-state index is -0.306. The van der Waals surface area contributed by atoms with E-state index in [0.717, 1.165) is 6.54 Å². The second kappa shape index (κ2) is 9.01. The highest BCUT2D eigenvalue weighted by Gasteiger charge is 2.17. The van der Waals surface area contributed by atoms with Crippen LogP contribution in [-0.4, -0.2) is 50.9 Å². The molecule has 2 heterocycles. The van der Waals surface area contributed by atoms with E-state index in [4.69, 9.17) is 0 Å². The summed E-state index contributed by atoms with van der Waals surface area (Å²) in [5.41, 5.74) is 0.214. The van der Waals surface area contributed by atoms with Crippen LogP contribution in [0.2, 0.25) is 0 Å². The van der Waals surface area contributed by atoms with Crippen LogP contribution >= 0.6 is 0 Å². The molecule has 0 spiro atoms. The van der Waals surface area contributed by atoms with Crippen LogP contribution in [0.1, 0.15) is 33.3 Å². The Bertz CT molecular complexity index is 1050. The SMILES string of the molecule is CC(C)N(CCN=Cc1c(O)n(-c2ccccn2)c(=O)c2ccccc12)C(C)C. The van der Waals surface area contributed by atoms with Crippen molar-refractivity contribution in [3.63, 3.8) is 0 Å². The van der Waals surface area contributed by atoms with Gasteiger partial charge in [-0.2, -0.15) is 0 Å². The highest BCUT2D eigenvalue weighted by Crippen LogP contribution is 2.25. The van der Waals surface area contributed by atoms with Gasteiger partial charge in [0, 0.05) is 41.8 Å². The molecule has 0 amide bonds. The number of aromatic nitrogens is 2. The standard InChI is InChI=1S/C23H28N4O2/c1-16(2)26(17(3)4)14-13-24-15-20-18-9-5-6-10-19(18)22(28)27(23(20)29)21-11-7-8-12-25-21/h5-12,15-17,29H,13-14H2,1-4H3. The zero-order valence-corrected chi connectivity index (χ0v) is 17.4.